The first kappa shape index (κ1) is 12.3. The molecule has 0 bridgehead atoms. The summed E-state index contributed by atoms with van der Waals surface area (Å²) in [6.45, 7) is 8.47. The lowest BCUT2D eigenvalue weighted by atomic mass is 9.74. The molecule has 1 aromatic rings. The lowest BCUT2D eigenvalue weighted by molar-refractivity contribution is 0.409. The van der Waals surface area contributed by atoms with Crippen LogP contribution in [0.15, 0.2) is 18.2 Å². The van der Waals surface area contributed by atoms with Crippen molar-refractivity contribution >= 4 is 12.6 Å². The summed E-state index contributed by atoms with van der Waals surface area (Å²) in [7, 11) is -1.37. The third-order valence-corrected chi connectivity index (χ3v) is 2.49. The molecule has 0 heterocycles. The minimum atomic E-state index is -1.37. The topological polar surface area (TPSA) is 40.5 Å². The molecule has 3 heteroatoms. The Morgan fingerprint density at radius 1 is 1.20 bits per heavy atom. The molecule has 1 rings (SSSR count). The average molecular weight is 206 g/mol. The average Bonchev–Trinajstić information content (AvgIpc) is 2.05. The molecule has 2 N–H and O–H groups in total. The van der Waals surface area contributed by atoms with Crippen LogP contribution in [0.3, 0.4) is 0 Å². The molecule has 0 aliphatic rings. The molecule has 1 aromatic carbocycles. The number of hydrogen-bond acceptors (Lipinski definition) is 2. The van der Waals surface area contributed by atoms with Crippen molar-refractivity contribution < 1.29 is 10.0 Å². The maximum atomic E-state index is 9.18. The van der Waals surface area contributed by atoms with E-state index in [9.17, 15) is 10.0 Å². The molecule has 15 heavy (non-hydrogen) atoms. The molecular formula is C12H19BO2. The Hall–Kier alpha value is -0.795. The third-order valence-electron chi connectivity index (χ3n) is 2.49. The number of rotatable bonds is 2. The van der Waals surface area contributed by atoms with Crippen LogP contribution < -0.4 is 5.46 Å². The van der Waals surface area contributed by atoms with E-state index in [1.54, 1.807) is 6.07 Å². The molecule has 0 spiro atoms. The zero-order valence-electron chi connectivity index (χ0n) is 9.91. The summed E-state index contributed by atoms with van der Waals surface area (Å²) in [6, 6.07) is 5.68. The summed E-state index contributed by atoms with van der Waals surface area (Å²) in [5.74, 6) is 0. The molecular weight excluding hydrogens is 187 g/mol. The first-order chi connectivity index (χ1) is 6.81. The number of benzene rings is 1. The van der Waals surface area contributed by atoms with Crippen molar-refractivity contribution in [2.24, 2.45) is 5.41 Å². The normalized spacial score (nSPS) is 11.6. The van der Waals surface area contributed by atoms with Crippen molar-refractivity contribution in [2.45, 2.75) is 34.1 Å². The van der Waals surface area contributed by atoms with Crippen LogP contribution in [-0.2, 0) is 6.42 Å². The predicted molar refractivity (Wildman–Crippen MR) is 64.2 cm³/mol. The Morgan fingerprint density at radius 3 is 2.27 bits per heavy atom. The van der Waals surface area contributed by atoms with Crippen LogP contribution in [0.5, 0.6) is 0 Å². The smallest absolute Gasteiger partial charge is 0.423 e. The van der Waals surface area contributed by atoms with Gasteiger partial charge in [-0.15, -0.1) is 0 Å². The van der Waals surface area contributed by atoms with Gasteiger partial charge in [0.2, 0.25) is 0 Å². The van der Waals surface area contributed by atoms with Crippen LogP contribution >= 0.6 is 0 Å². The van der Waals surface area contributed by atoms with E-state index >= 15 is 0 Å². The van der Waals surface area contributed by atoms with Crippen LogP contribution in [0.1, 0.15) is 31.9 Å². The van der Waals surface area contributed by atoms with E-state index in [-0.39, 0.29) is 5.41 Å². The summed E-state index contributed by atoms with van der Waals surface area (Å²) >= 11 is 0. The number of hydrogen-bond donors (Lipinski definition) is 2. The molecule has 0 atom stereocenters. The highest BCUT2D eigenvalue weighted by molar-refractivity contribution is 6.59. The highest BCUT2D eigenvalue weighted by atomic mass is 16.4. The molecule has 0 amide bonds. The van der Waals surface area contributed by atoms with Crippen LogP contribution in [-0.4, -0.2) is 17.2 Å². The van der Waals surface area contributed by atoms with Gasteiger partial charge < -0.3 is 10.0 Å². The molecule has 82 valence electrons. The minimum absolute atomic E-state index is 0.212. The lowest BCUT2D eigenvalue weighted by Crippen LogP contribution is -2.33. The van der Waals surface area contributed by atoms with Gasteiger partial charge in [0.1, 0.15) is 0 Å². The second-order valence-corrected chi connectivity index (χ2v) is 5.24. The maximum absolute atomic E-state index is 9.18. The quantitative estimate of drug-likeness (QED) is 0.715. The van der Waals surface area contributed by atoms with Crippen molar-refractivity contribution in [1.29, 1.82) is 0 Å². The van der Waals surface area contributed by atoms with E-state index in [0.29, 0.717) is 5.46 Å². The van der Waals surface area contributed by atoms with Crippen molar-refractivity contribution in [3.05, 3.63) is 29.3 Å². The summed E-state index contributed by atoms with van der Waals surface area (Å²) in [6.07, 6.45) is 0.944. The molecule has 2 nitrogen and oxygen atoms in total. The van der Waals surface area contributed by atoms with Crippen LogP contribution in [0, 0.1) is 12.3 Å². The SMILES string of the molecule is Cc1c(CC(C)(C)C)cccc1B(O)O. The van der Waals surface area contributed by atoms with E-state index in [0.717, 1.165) is 12.0 Å². The Kier molecular flexibility index (Phi) is 3.58. The molecule has 0 aliphatic heterocycles. The van der Waals surface area contributed by atoms with E-state index < -0.39 is 7.12 Å². The minimum Gasteiger partial charge on any atom is -0.423 e. The van der Waals surface area contributed by atoms with Crippen LogP contribution in [0.25, 0.3) is 0 Å². The standard InChI is InChI=1S/C12H19BO2/c1-9-10(8-12(2,3)4)6-5-7-11(9)13(14)15/h5-7,14-15H,8H2,1-4H3. The summed E-state index contributed by atoms with van der Waals surface area (Å²) < 4.78 is 0. The Balaban J connectivity index is 3.05. The molecule has 0 saturated heterocycles. The second-order valence-electron chi connectivity index (χ2n) is 5.24. The fourth-order valence-corrected chi connectivity index (χ4v) is 1.75. The van der Waals surface area contributed by atoms with Gasteiger partial charge in [0.05, 0.1) is 0 Å². The monoisotopic (exact) mass is 206 g/mol. The summed E-state index contributed by atoms with van der Waals surface area (Å²) in [5, 5.41) is 18.4. The molecule has 0 fully saturated rings. The van der Waals surface area contributed by atoms with Gasteiger partial charge in [0.25, 0.3) is 0 Å². The summed E-state index contributed by atoms with van der Waals surface area (Å²) in [5.41, 5.74) is 3.00. The van der Waals surface area contributed by atoms with Gasteiger partial charge in [-0.2, -0.15) is 0 Å². The third kappa shape index (κ3) is 3.36. The first-order valence-electron chi connectivity index (χ1n) is 5.26. The van der Waals surface area contributed by atoms with Crippen molar-refractivity contribution in [3.63, 3.8) is 0 Å². The van der Waals surface area contributed by atoms with Crippen molar-refractivity contribution in [1.82, 2.24) is 0 Å². The molecule has 0 aliphatic carbocycles. The highest BCUT2D eigenvalue weighted by Gasteiger charge is 2.18. The fourth-order valence-electron chi connectivity index (χ4n) is 1.75. The Morgan fingerprint density at radius 2 is 1.80 bits per heavy atom. The van der Waals surface area contributed by atoms with E-state index in [4.69, 9.17) is 0 Å². The second kappa shape index (κ2) is 4.37. The van der Waals surface area contributed by atoms with Gasteiger partial charge >= 0.3 is 7.12 Å². The van der Waals surface area contributed by atoms with Gasteiger partial charge in [0, 0.05) is 0 Å². The zero-order valence-corrected chi connectivity index (χ0v) is 9.91. The zero-order chi connectivity index (χ0) is 11.6. The van der Waals surface area contributed by atoms with Crippen molar-refractivity contribution in [2.75, 3.05) is 0 Å². The largest absolute Gasteiger partial charge is 0.488 e. The van der Waals surface area contributed by atoms with Crippen molar-refractivity contribution in [3.8, 4) is 0 Å². The van der Waals surface area contributed by atoms with Gasteiger partial charge in [-0.25, -0.2) is 0 Å². The highest BCUT2D eigenvalue weighted by Crippen LogP contribution is 2.21. The van der Waals surface area contributed by atoms with E-state index in [2.05, 4.69) is 20.8 Å². The van der Waals surface area contributed by atoms with Gasteiger partial charge in [-0.3, -0.25) is 0 Å². The molecule has 0 radical (unpaired) electrons. The van der Waals surface area contributed by atoms with Gasteiger partial charge in [0.15, 0.2) is 0 Å². The Bertz CT molecular complexity index is 340. The van der Waals surface area contributed by atoms with Gasteiger partial charge in [-0.1, -0.05) is 39.0 Å². The Labute approximate surface area is 92.1 Å². The maximum Gasteiger partial charge on any atom is 0.488 e. The molecule has 0 saturated carbocycles. The van der Waals surface area contributed by atoms with Gasteiger partial charge in [-0.05, 0) is 35.3 Å². The van der Waals surface area contributed by atoms with Crippen LogP contribution in [0.2, 0.25) is 0 Å². The molecule has 0 unspecified atom stereocenters. The molecule has 0 aromatic heterocycles. The lowest BCUT2D eigenvalue weighted by Gasteiger charge is -2.20. The summed E-state index contributed by atoms with van der Waals surface area (Å²) in [4.78, 5) is 0. The van der Waals surface area contributed by atoms with Crippen LogP contribution in [0.4, 0.5) is 0 Å². The predicted octanol–water partition coefficient (Wildman–Crippen LogP) is 1.26. The first-order valence-corrected chi connectivity index (χ1v) is 5.26. The van der Waals surface area contributed by atoms with E-state index in [1.807, 2.05) is 19.1 Å². The van der Waals surface area contributed by atoms with E-state index in [1.165, 1.54) is 5.56 Å². The fraction of sp³-hybridized carbons (Fsp3) is 0.500.